The van der Waals surface area contributed by atoms with Crippen LogP contribution in [0.25, 0.3) is 0 Å². The molecule has 0 radical (unpaired) electrons. The molecule has 0 fully saturated rings. The first-order chi connectivity index (χ1) is 10.6. The molecule has 2 aromatic carbocycles. The summed E-state index contributed by atoms with van der Waals surface area (Å²) in [5.41, 5.74) is 2.01. The summed E-state index contributed by atoms with van der Waals surface area (Å²) < 4.78 is 0. The summed E-state index contributed by atoms with van der Waals surface area (Å²) in [6, 6.07) is 15.9. The van der Waals surface area contributed by atoms with Gasteiger partial charge in [0.05, 0.1) is 0 Å². The van der Waals surface area contributed by atoms with Crippen LogP contribution in [0.2, 0.25) is 0 Å². The highest BCUT2D eigenvalue weighted by atomic mass is 16.2. The lowest BCUT2D eigenvalue weighted by Gasteiger charge is -2.15. The molecule has 0 bridgehead atoms. The molecule has 0 heterocycles. The maximum atomic E-state index is 12.1. The Kier molecular flexibility index (Phi) is 5.14. The Labute approximate surface area is 129 Å². The molecule has 1 unspecified atom stereocenters. The number of hydrogen-bond donors (Lipinski definition) is 3. The van der Waals surface area contributed by atoms with E-state index in [-0.39, 0.29) is 11.8 Å². The normalized spacial score (nSPS) is 11.4. The van der Waals surface area contributed by atoms with Crippen LogP contribution in [-0.2, 0) is 4.79 Å². The average Bonchev–Trinajstić information content (AvgIpc) is 2.55. The molecule has 0 aliphatic rings. The van der Waals surface area contributed by atoms with Crippen molar-refractivity contribution in [2.24, 2.45) is 0 Å². The number of amides is 2. The van der Waals surface area contributed by atoms with Gasteiger partial charge in [-0.15, -0.1) is 0 Å². The smallest absolute Gasteiger partial charge is 0.251 e. The predicted molar refractivity (Wildman–Crippen MR) is 88.0 cm³/mol. The van der Waals surface area contributed by atoms with Crippen molar-refractivity contribution in [3.8, 4) is 0 Å². The van der Waals surface area contributed by atoms with Crippen LogP contribution in [0.3, 0.4) is 0 Å². The predicted octanol–water partition coefficient (Wildman–Crippen LogP) is 2.49. The van der Waals surface area contributed by atoms with Crippen LogP contribution in [0.15, 0.2) is 54.6 Å². The molecule has 5 heteroatoms. The zero-order chi connectivity index (χ0) is 15.9. The van der Waals surface area contributed by atoms with Crippen LogP contribution in [0.5, 0.6) is 0 Å². The number of anilines is 2. The number of nitrogens with one attached hydrogen (secondary N) is 3. The van der Waals surface area contributed by atoms with E-state index in [9.17, 15) is 9.59 Å². The van der Waals surface area contributed by atoms with Crippen molar-refractivity contribution in [3.05, 3.63) is 60.2 Å². The molecule has 114 valence electrons. The van der Waals surface area contributed by atoms with Crippen LogP contribution < -0.4 is 16.0 Å². The first kappa shape index (κ1) is 15.6. The fourth-order valence-electron chi connectivity index (χ4n) is 1.98. The van der Waals surface area contributed by atoms with Crippen molar-refractivity contribution < 1.29 is 9.59 Å². The van der Waals surface area contributed by atoms with E-state index >= 15 is 0 Å². The van der Waals surface area contributed by atoms with E-state index in [2.05, 4.69) is 16.0 Å². The van der Waals surface area contributed by atoms with Crippen LogP contribution in [0.1, 0.15) is 17.3 Å². The monoisotopic (exact) mass is 297 g/mol. The maximum Gasteiger partial charge on any atom is 0.251 e. The average molecular weight is 297 g/mol. The van der Waals surface area contributed by atoms with E-state index in [1.54, 1.807) is 32.2 Å². The lowest BCUT2D eigenvalue weighted by atomic mass is 10.1. The van der Waals surface area contributed by atoms with Gasteiger partial charge in [-0.25, -0.2) is 0 Å². The number of rotatable bonds is 5. The number of benzene rings is 2. The standard InChI is InChI=1S/C17H19N3O2/c1-12(16(21)20-14-8-4-3-5-9-14)19-15-10-6-7-13(11-15)17(22)18-2/h3-12,19H,1-2H3,(H,18,22)(H,20,21). The third kappa shape index (κ3) is 4.09. The molecule has 2 aromatic rings. The van der Waals surface area contributed by atoms with Crippen LogP contribution in [0, 0.1) is 0 Å². The third-order valence-corrected chi connectivity index (χ3v) is 3.17. The SMILES string of the molecule is CNC(=O)c1cccc(NC(C)C(=O)Nc2ccccc2)c1. The van der Waals surface area contributed by atoms with E-state index in [1.807, 2.05) is 36.4 Å². The minimum atomic E-state index is -0.430. The van der Waals surface area contributed by atoms with Gasteiger partial charge in [-0.2, -0.15) is 0 Å². The first-order valence-corrected chi connectivity index (χ1v) is 7.04. The molecule has 3 N–H and O–H groups in total. The highest BCUT2D eigenvalue weighted by Crippen LogP contribution is 2.13. The van der Waals surface area contributed by atoms with Crippen molar-refractivity contribution >= 4 is 23.2 Å². The van der Waals surface area contributed by atoms with Crippen LogP contribution in [-0.4, -0.2) is 24.9 Å². The Hall–Kier alpha value is -2.82. The summed E-state index contributed by atoms with van der Waals surface area (Å²) >= 11 is 0. The minimum Gasteiger partial charge on any atom is -0.374 e. The topological polar surface area (TPSA) is 70.2 Å². The molecule has 0 aliphatic heterocycles. The Bertz CT molecular complexity index is 656. The van der Waals surface area contributed by atoms with Gasteiger partial charge >= 0.3 is 0 Å². The van der Waals surface area contributed by atoms with E-state index in [1.165, 1.54) is 0 Å². The van der Waals surface area contributed by atoms with Crippen LogP contribution >= 0.6 is 0 Å². The molecule has 0 saturated heterocycles. The largest absolute Gasteiger partial charge is 0.374 e. The van der Waals surface area contributed by atoms with Crippen LogP contribution in [0.4, 0.5) is 11.4 Å². The van der Waals surface area contributed by atoms with Crippen molar-refractivity contribution in [2.75, 3.05) is 17.7 Å². The fraction of sp³-hybridized carbons (Fsp3) is 0.176. The van der Waals surface area contributed by atoms with E-state index in [0.717, 1.165) is 11.4 Å². The van der Waals surface area contributed by atoms with E-state index in [0.29, 0.717) is 5.56 Å². The molecule has 0 aromatic heterocycles. The Morgan fingerprint density at radius 3 is 2.32 bits per heavy atom. The Morgan fingerprint density at radius 1 is 0.955 bits per heavy atom. The van der Waals surface area contributed by atoms with Gasteiger partial charge in [0, 0.05) is 24.0 Å². The summed E-state index contributed by atoms with van der Waals surface area (Å²) in [6.07, 6.45) is 0. The number of carbonyl (C=O) groups excluding carboxylic acids is 2. The molecule has 5 nitrogen and oxygen atoms in total. The van der Waals surface area contributed by atoms with Crippen molar-refractivity contribution in [1.82, 2.24) is 5.32 Å². The second-order valence-electron chi connectivity index (χ2n) is 4.88. The summed E-state index contributed by atoms with van der Waals surface area (Å²) in [4.78, 5) is 23.7. The van der Waals surface area contributed by atoms with E-state index < -0.39 is 6.04 Å². The third-order valence-electron chi connectivity index (χ3n) is 3.17. The molecule has 2 amide bonds. The summed E-state index contributed by atoms with van der Waals surface area (Å²) in [6.45, 7) is 1.77. The molecule has 0 aliphatic carbocycles. The summed E-state index contributed by atoms with van der Waals surface area (Å²) in [7, 11) is 1.58. The van der Waals surface area contributed by atoms with E-state index in [4.69, 9.17) is 0 Å². The van der Waals surface area contributed by atoms with Gasteiger partial charge < -0.3 is 16.0 Å². The van der Waals surface area contributed by atoms with Gasteiger partial charge in [0.1, 0.15) is 6.04 Å². The summed E-state index contributed by atoms with van der Waals surface area (Å²) in [5.74, 6) is -0.304. The summed E-state index contributed by atoms with van der Waals surface area (Å²) in [5, 5.41) is 8.49. The van der Waals surface area contributed by atoms with Gasteiger partial charge in [-0.3, -0.25) is 9.59 Å². The molecular weight excluding hydrogens is 278 g/mol. The fourth-order valence-corrected chi connectivity index (χ4v) is 1.98. The Morgan fingerprint density at radius 2 is 1.64 bits per heavy atom. The lowest BCUT2D eigenvalue weighted by Crippen LogP contribution is -2.32. The first-order valence-electron chi connectivity index (χ1n) is 7.04. The zero-order valence-electron chi connectivity index (χ0n) is 12.6. The number of carbonyl (C=O) groups is 2. The molecule has 2 rings (SSSR count). The molecular formula is C17H19N3O2. The second-order valence-corrected chi connectivity index (χ2v) is 4.88. The quantitative estimate of drug-likeness (QED) is 0.794. The van der Waals surface area contributed by atoms with Crippen molar-refractivity contribution in [1.29, 1.82) is 0 Å². The maximum absolute atomic E-state index is 12.1. The molecule has 0 spiro atoms. The van der Waals surface area contributed by atoms with Gasteiger partial charge in [-0.1, -0.05) is 24.3 Å². The van der Waals surface area contributed by atoms with Crippen molar-refractivity contribution in [2.45, 2.75) is 13.0 Å². The Balaban J connectivity index is 2.00. The van der Waals surface area contributed by atoms with Gasteiger partial charge in [-0.05, 0) is 37.3 Å². The second kappa shape index (κ2) is 7.26. The molecule has 22 heavy (non-hydrogen) atoms. The van der Waals surface area contributed by atoms with Gasteiger partial charge in [0.2, 0.25) is 5.91 Å². The minimum absolute atomic E-state index is 0.142. The number of para-hydroxylation sites is 1. The molecule has 0 saturated carbocycles. The van der Waals surface area contributed by atoms with Crippen molar-refractivity contribution in [3.63, 3.8) is 0 Å². The number of hydrogen-bond acceptors (Lipinski definition) is 3. The zero-order valence-corrected chi connectivity index (χ0v) is 12.6. The molecule has 1 atom stereocenters. The van der Waals surface area contributed by atoms with Gasteiger partial charge in [0.15, 0.2) is 0 Å². The highest BCUT2D eigenvalue weighted by Gasteiger charge is 2.13. The lowest BCUT2D eigenvalue weighted by molar-refractivity contribution is -0.116. The highest BCUT2D eigenvalue weighted by molar-refractivity contribution is 5.97. The van der Waals surface area contributed by atoms with Gasteiger partial charge in [0.25, 0.3) is 5.91 Å².